The molecular weight excluding hydrogens is 448 g/mol. The average molecular weight is 475 g/mol. The largest absolute Gasteiger partial charge is 0.361 e. The van der Waals surface area contributed by atoms with Crippen molar-refractivity contribution in [1.82, 2.24) is 19.8 Å². The van der Waals surface area contributed by atoms with Crippen LogP contribution in [-0.2, 0) is 16.1 Å². The Morgan fingerprint density at radius 2 is 1.68 bits per heavy atom. The van der Waals surface area contributed by atoms with Gasteiger partial charge in [0.2, 0.25) is 0 Å². The fourth-order valence-corrected chi connectivity index (χ4v) is 5.21. The molecule has 2 amide bonds. The van der Waals surface area contributed by atoms with E-state index in [0.29, 0.717) is 27.3 Å². The number of aromatic nitrogens is 2. The molecule has 174 valence electrons. The minimum atomic E-state index is -0.396. The second kappa shape index (κ2) is 9.12. The van der Waals surface area contributed by atoms with Gasteiger partial charge in [0.1, 0.15) is 0 Å². The molecule has 7 heteroatoms. The van der Waals surface area contributed by atoms with Crippen molar-refractivity contribution in [1.29, 1.82) is 0 Å². The third-order valence-corrected chi connectivity index (χ3v) is 7.00. The number of aromatic amines is 1. The van der Waals surface area contributed by atoms with Crippen molar-refractivity contribution in [2.75, 3.05) is 19.6 Å². The fraction of sp³-hybridized carbons (Fsp3) is 0.259. The predicted molar refractivity (Wildman–Crippen MR) is 138 cm³/mol. The van der Waals surface area contributed by atoms with Gasteiger partial charge >= 0.3 is 0 Å². The van der Waals surface area contributed by atoms with Gasteiger partial charge < -0.3 is 14.5 Å². The quantitative estimate of drug-likeness (QED) is 0.350. The second-order valence-electron chi connectivity index (χ2n) is 8.53. The molecule has 1 aliphatic heterocycles. The zero-order chi connectivity index (χ0) is 23.8. The number of nitrogens with one attached hydrogen (secondary N) is 2. The Kier molecular flexibility index (Phi) is 6.02. The molecule has 2 aromatic carbocycles. The van der Waals surface area contributed by atoms with Gasteiger partial charge in [-0.3, -0.25) is 14.9 Å². The summed E-state index contributed by atoms with van der Waals surface area (Å²) in [6, 6.07) is 13.5. The van der Waals surface area contributed by atoms with Crippen LogP contribution in [0.5, 0.6) is 0 Å². The molecule has 3 heterocycles. The lowest BCUT2D eigenvalue weighted by atomic mass is 9.95. The van der Waals surface area contributed by atoms with Crippen molar-refractivity contribution in [2.45, 2.75) is 26.8 Å². The van der Waals surface area contributed by atoms with Gasteiger partial charge in [-0.25, -0.2) is 0 Å². The van der Waals surface area contributed by atoms with Crippen molar-refractivity contribution in [3.05, 3.63) is 71.0 Å². The number of aryl methyl sites for hydroxylation is 1. The second-order valence-corrected chi connectivity index (χ2v) is 8.94. The van der Waals surface area contributed by atoms with E-state index in [4.69, 9.17) is 11.6 Å². The number of halogens is 1. The lowest BCUT2D eigenvalue weighted by Gasteiger charge is -2.18. The molecule has 0 atom stereocenters. The van der Waals surface area contributed by atoms with Gasteiger partial charge in [-0.15, -0.1) is 0 Å². The normalized spacial score (nSPS) is 14.2. The minimum absolute atomic E-state index is 0.371. The van der Waals surface area contributed by atoms with Crippen LogP contribution in [0, 0.1) is 0 Å². The molecule has 0 radical (unpaired) electrons. The molecule has 0 aliphatic carbocycles. The number of nitrogens with zero attached hydrogens (tertiary/aromatic N) is 2. The maximum atomic E-state index is 13.1. The Hall–Kier alpha value is -3.35. The van der Waals surface area contributed by atoms with E-state index in [1.165, 1.54) is 0 Å². The number of H-pyrrole nitrogens is 1. The number of fused-ring (bicyclic) bond motifs is 2. The van der Waals surface area contributed by atoms with Gasteiger partial charge in [-0.05, 0) is 44.3 Å². The molecule has 0 saturated carbocycles. The predicted octanol–water partition coefficient (Wildman–Crippen LogP) is 5.08. The maximum Gasteiger partial charge on any atom is 0.259 e. The summed E-state index contributed by atoms with van der Waals surface area (Å²) < 4.78 is 2.15. The number of carbonyl (C=O) groups is 2. The third-order valence-electron chi connectivity index (χ3n) is 6.68. The number of imide groups is 1. The van der Waals surface area contributed by atoms with E-state index in [0.717, 1.165) is 54.4 Å². The highest BCUT2D eigenvalue weighted by atomic mass is 35.5. The van der Waals surface area contributed by atoms with Gasteiger partial charge in [0, 0.05) is 46.4 Å². The lowest BCUT2D eigenvalue weighted by molar-refractivity contribution is -0.122. The third kappa shape index (κ3) is 3.73. The first-order valence-corrected chi connectivity index (χ1v) is 12.1. The Labute approximate surface area is 203 Å². The van der Waals surface area contributed by atoms with Crippen LogP contribution in [0.2, 0.25) is 5.02 Å². The standard InChI is InChI=1S/C27H27ClN4O2/c1-3-31(4-2)13-8-14-32-16-19(23-20(28)10-7-12-22(23)32)25-24(26(33)30-27(25)34)18-15-29-21-11-6-5-9-17(18)21/h5-7,9-12,15-16,29H,3-4,8,13-14H2,1-2H3,(H,30,33,34). The average Bonchev–Trinajstić information content (AvgIpc) is 3.50. The molecular formula is C27H27ClN4O2. The topological polar surface area (TPSA) is 70.1 Å². The van der Waals surface area contributed by atoms with E-state index in [2.05, 4.69) is 33.6 Å². The number of benzene rings is 2. The van der Waals surface area contributed by atoms with Crippen molar-refractivity contribution in [3.8, 4) is 0 Å². The minimum Gasteiger partial charge on any atom is -0.361 e. The van der Waals surface area contributed by atoms with E-state index in [9.17, 15) is 9.59 Å². The summed E-state index contributed by atoms with van der Waals surface area (Å²) in [7, 11) is 0. The van der Waals surface area contributed by atoms with Crippen LogP contribution in [0.1, 0.15) is 31.4 Å². The Bertz CT molecular complexity index is 1440. The smallest absolute Gasteiger partial charge is 0.259 e. The first-order valence-electron chi connectivity index (χ1n) is 11.7. The van der Waals surface area contributed by atoms with E-state index < -0.39 is 5.91 Å². The molecule has 0 saturated heterocycles. The molecule has 0 spiro atoms. The first-order chi connectivity index (χ1) is 16.5. The van der Waals surface area contributed by atoms with Crippen molar-refractivity contribution >= 4 is 56.4 Å². The number of rotatable bonds is 8. The van der Waals surface area contributed by atoms with E-state index in [-0.39, 0.29) is 5.91 Å². The summed E-state index contributed by atoms with van der Waals surface area (Å²) in [5.41, 5.74) is 4.02. The van der Waals surface area contributed by atoms with Gasteiger partial charge in [0.25, 0.3) is 11.8 Å². The molecule has 6 nitrogen and oxygen atoms in total. The van der Waals surface area contributed by atoms with Crippen molar-refractivity contribution in [3.63, 3.8) is 0 Å². The van der Waals surface area contributed by atoms with E-state index in [1.807, 2.05) is 48.7 Å². The van der Waals surface area contributed by atoms with Gasteiger partial charge in [-0.1, -0.05) is 49.7 Å². The van der Waals surface area contributed by atoms with E-state index >= 15 is 0 Å². The molecule has 5 rings (SSSR count). The van der Waals surface area contributed by atoms with Gasteiger partial charge in [0.15, 0.2) is 0 Å². The summed E-state index contributed by atoms with van der Waals surface area (Å²) in [5, 5.41) is 4.77. The molecule has 2 aromatic heterocycles. The molecule has 1 aliphatic rings. The highest BCUT2D eigenvalue weighted by Gasteiger charge is 2.35. The molecule has 2 N–H and O–H groups in total. The number of para-hydroxylation sites is 1. The van der Waals surface area contributed by atoms with Gasteiger partial charge in [-0.2, -0.15) is 0 Å². The summed E-state index contributed by atoms with van der Waals surface area (Å²) in [6.45, 7) is 8.15. The van der Waals surface area contributed by atoms with E-state index in [1.54, 1.807) is 6.20 Å². The summed E-state index contributed by atoms with van der Waals surface area (Å²) in [4.78, 5) is 31.7. The van der Waals surface area contributed by atoms with Gasteiger partial charge in [0.05, 0.1) is 21.7 Å². The first kappa shape index (κ1) is 22.4. The zero-order valence-corrected chi connectivity index (χ0v) is 20.1. The number of hydrogen-bond acceptors (Lipinski definition) is 3. The molecule has 34 heavy (non-hydrogen) atoms. The molecule has 0 unspecified atom stereocenters. The molecule has 0 bridgehead atoms. The number of hydrogen-bond donors (Lipinski definition) is 2. The van der Waals surface area contributed by atoms with Crippen LogP contribution >= 0.6 is 11.6 Å². The monoisotopic (exact) mass is 474 g/mol. The van der Waals surface area contributed by atoms with Crippen LogP contribution in [0.25, 0.3) is 33.0 Å². The van der Waals surface area contributed by atoms with Crippen LogP contribution in [0.15, 0.2) is 54.9 Å². The number of amides is 2. The Morgan fingerprint density at radius 1 is 0.941 bits per heavy atom. The van der Waals surface area contributed by atoms with Crippen LogP contribution in [-0.4, -0.2) is 45.9 Å². The molecule has 0 fully saturated rings. The summed E-state index contributed by atoms with van der Waals surface area (Å²) >= 11 is 6.67. The Balaban J connectivity index is 1.66. The van der Waals surface area contributed by atoms with Crippen LogP contribution in [0.4, 0.5) is 0 Å². The SMILES string of the molecule is CCN(CC)CCCn1cc(C2=C(c3c[nH]c4ccccc34)C(=O)NC2=O)c2c(Cl)cccc21. The van der Waals surface area contributed by atoms with Crippen LogP contribution in [0.3, 0.4) is 0 Å². The summed E-state index contributed by atoms with van der Waals surface area (Å²) in [5.74, 6) is -0.786. The fourth-order valence-electron chi connectivity index (χ4n) is 4.94. The van der Waals surface area contributed by atoms with Crippen molar-refractivity contribution in [2.24, 2.45) is 0 Å². The summed E-state index contributed by atoms with van der Waals surface area (Å²) in [6.07, 6.45) is 4.74. The number of carbonyl (C=O) groups excluding carboxylic acids is 2. The van der Waals surface area contributed by atoms with Crippen molar-refractivity contribution < 1.29 is 9.59 Å². The highest BCUT2D eigenvalue weighted by Crippen LogP contribution is 2.40. The Morgan fingerprint density at radius 3 is 2.44 bits per heavy atom. The highest BCUT2D eigenvalue weighted by molar-refractivity contribution is 6.51. The maximum absolute atomic E-state index is 13.1. The zero-order valence-electron chi connectivity index (χ0n) is 19.3. The lowest BCUT2D eigenvalue weighted by Crippen LogP contribution is -2.24. The van der Waals surface area contributed by atoms with Crippen LogP contribution < -0.4 is 5.32 Å². The molecule has 4 aromatic rings.